The minimum Gasteiger partial charge on any atom is -0.359 e. The number of nitrogens with zero attached hydrogens (tertiary/aromatic N) is 2. The molecule has 124 valence electrons. The Morgan fingerprint density at radius 2 is 2.21 bits per heavy atom. The predicted molar refractivity (Wildman–Crippen MR) is 97.6 cm³/mol. The summed E-state index contributed by atoms with van der Waals surface area (Å²) in [5, 5.41) is 5.38. The van der Waals surface area contributed by atoms with Crippen LogP contribution in [-0.4, -0.2) is 33.4 Å². The van der Waals surface area contributed by atoms with E-state index in [1.54, 1.807) is 11.3 Å². The molecule has 1 amide bonds. The molecular formula is C18H20N4OS. The summed E-state index contributed by atoms with van der Waals surface area (Å²) in [6.07, 6.45) is 0.817. The second-order valence-electron chi connectivity index (χ2n) is 6.43. The second-order valence-corrected chi connectivity index (χ2v) is 7.52. The topological polar surface area (TPSA) is 61.0 Å². The van der Waals surface area contributed by atoms with Crippen molar-refractivity contribution in [3.63, 3.8) is 0 Å². The Labute approximate surface area is 144 Å². The lowest BCUT2D eigenvalue weighted by Gasteiger charge is -2.25. The molecule has 3 aromatic rings. The van der Waals surface area contributed by atoms with Crippen LogP contribution in [0.3, 0.4) is 0 Å². The molecule has 5 nitrogen and oxygen atoms in total. The minimum atomic E-state index is 0.0589. The molecule has 2 N–H and O–H groups in total. The molecule has 0 aliphatic carbocycles. The zero-order valence-electron chi connectivity index (χ0n) is 13.8. The Hall–Kier alpha value is -2.34. The van der Waals surface area contributed by atoms with Crippen molar-refractivity contribution in [3.8, 4) is 0 Å². The van der Waals surface area contributed by atoms with Gasteiger partial charge in [-0.3, -0.25) is 4.79 Å². The number of nitrogens with one attached hydrogen (secondary N) is 2. The summed E-state index contributed by atoms with van der Waals surface area (Å²) in [6.45, 7) is 5.56. The molecule has 6 heteroatoms. The third-order valence-electron chi connectivity index (χ3n) is 4.19. The van der Waals surface area contributed by atoms with Crippen molar-refractivity contribution < 1.29 is 4.79 Å². The van der Waals surface area contributed by atoms with E-state index in [-0.39, 0.29) is 5.91 Å². The van der Waals surface area contributed by atoms with Crippen LogP contribution < -0.4 is 5.32 Å². The van der Waals surface area contributed by atoms with Gasteiger partial charge in [0, 0.05) is 34.8 Å². The molecule has 1 aromatic carbocycles. The summed E-state index contributed by atoms with van der Waals surface area (Å²) in [5.74, 6) is 0.0589. The number of aromatic nitrogens is 2. The van der Waals surface area contributed by atoms with Crippen molar-refractivity contribution >= 4 is 33.3 Å². The van der Waals surface area contributed by atoms with Gasteiger partial charge in [-0.05, 0) is 26.0 Å². The van der Waals surface area contributed by atoms with Crippen LogP contribution in [0, 0.1) is 0 Å². The van der Waals surface area contributed by atoms with Crippen LogP contribution >= 0.6 is 11.3 Å². The molecule has 0 unspecified atom stereocenters. The summed E-state index contributed by atoms with van der Waals surface area (Å²) in [7, 11) is 0. The third-order valence-corrected chi connectivity index (χ3v) is 5.20. The Morgan fingerprint density at radius 1 is 1.38 bits per heavy atom. The number of hydrogen-bond acceptors (Lipinski definition) is 4. The highest BCUT2D eigenvalue weighted by molar-refractivity contribution is 7.15. The molecule has 0 atom stereocenters. The number of benzene rings is 1. The molecule has 1 aliphatic rings. The monoisotopic (exact) mass is 340 g/mol. The maximum absolute atomic E-state index is 12.8. The summed E-state index contributed by atoms with van der Waals surface area (Å²) >= 11 is 1.66. The minimum absolute atomic E-state index is 0.0589. The van der Waals surface area contributed by atoms with Crippen LogP contribution in [0.4, 0.5) is 5.13 Å². The van der Waals surface area contributed by atoms with Gasteiger partial charge >= 0.3 is 0 Å². The summed E-state index contributed by atoms with van der Waals surface area (Å²) < 4.78 is 0. The summed E-state index contributed by atoms with van der Waals surface area (Å²) in [4.78, 5) is 23.8. The van der Waals surface area contributed by atoms with Crippen molar-refractivity contribution in [2.45, 2.75) is 32.9 Å². The number of thiazole rings is 1. The zero-order valence-corrected chi connectivity index (χ0v) is 14.6. The number of carbonyl (C=O) groups is 1. The van der Waals surface area contributed by atoms with Crippen LogP contribution in [0.2, 0.25) is 0 Å². The molecule has 0 saturated carbocycles. The summed E-state index contributed by atoms with van der Waals surface area (Å²) in [5.41, 5.74) is 2.79. The number of carbonyl (C=O) groups excluding carboxylic acids is 1. The highest BCUT2D eigenvalue weighted by Gasteiger charge is 2.25. The quantitative estimate of drug-likeness (QED) is 0.765. The first-order valence-corrected chi connectivity index (χ1v) is 9.04. The lowest BCUT2D eigenvalue weighted by atomic mass is 10.1. The number of para-hydroxylation sites is 1. The fraction of sp³-hybridized carbons (Fsp3) is 0.333. The molecule has 3 heterocycles. The molecule has 0 bridgehead atoms. The van der Waals surface area contributed by atoms with Crippen molar-refractivity contribution in [3.05, 3.63) is 46.6 Å². The van der Waals surface area contributed by atoms with Crippen LogP contribution in [-0.2, 0) is 13.0 Å². The van der Waals surface area contributed by atoms with E-state index in [0.29, 0.717) is 24.8 Å². The van der Waals surface area contributed by atoms with E-state index in [4.69, 9.17) is 0 Å². The van der Waals surface area contributed by atoms with Gasteiger partial charge in [0.1, 0.15) is 5.69 Å². The van der Waals surface area contributed by atoms with Gasteiger partial charge in [0.25, 0.3) is 5.91 Å². The molecule has 0 fully saturated rings. The van der Waals surface area contributed by atoms with Gasteiger partial charge in [-0.15, -0.1) is 0 Å². The van der Waals surface area contributed by atoms with Crippen molar-refractivity contribution in [1.29, 1.82) is 0 Å². The third kappa shape index (κ3) is 2.78. The van der Waals surface area contributed by atoms with Gasteiger partial charge in [-0.2, -0.15) is 0 Å². The average Bonchev–Trinajstić information content (AvgIpc) is 3.15. The number of fused-ring (bicyclic) bond motifs is 2. The normalized spacial score (nSPS) is 14.2. The predicted octanol–water partition coefficient (Wildman–Crippen LogP) is 3.64. The molecular weight excluding hydrogens is 320 g/mol. The van der Waals surface area contributed by atoms with Crippen molar-refractivity contribution in [1.82, 2.24) is 14.9 Å². The lowest BCUT2D eigenvalue weighted by molar-refractivity contribution is 0.0731. The van der Waals surface area contributed by atoms with E-state index in [1.807, 2.05) is 35.2 Å². The van der Waals surface area contributed by atoms with Gasteiger partial charge in [0.2, 0.25) is 0 Å². The lowest BCUT2D eigenvalue weighted by Crippen LogP contribution is -2.35. The van der Waals surface area contributed by atoms with E-state index in [0.717, 1.165) is 28.1 Å². The number of aromatic amines is 1. The Kier molecular flexibility index (Phi) is 3.76. The average molecular weight is 340 g/mol. The Bertz CT molecular complexity index is 862. The number of rotatable bonds is 3. The van der Waals surface area contributed by atoms with E-state index in [2.05, 4.69) is 29.1 Å². The van der Waals surface area contributed by atoms with Crippen molar-refractivity contribution in [2.75, 3.05) is 11.9 Å². The maximum atomic E-state index is 12.8. The van der Waals surface area contributed by atoms with E-state index < -0.39 is 0 Å². The molecule has 2 aromatic heterocycles. The maximum Gasteiger partial charge on any atom is 0.270 e. The standard InChI is InChI=1S/C18H20N4OS/c1-11(2)19-18-21-14-7-8-22(10-16(14)24-18)17(23)15-9-12-5-3-4-6-13(12)20-15/h3-6,9,11,20H,7-8,10H2,1-2H3,(H,19,21). The fourth-order valence-electron chi connectivity index (χ4n) is 3.04. The van der Waals surface area contributed by atoms with Gasteiger partial charge in [0.05, 0.1) is 12.2 Å². The molecule has 0 saturated heterocycles. The van der Waals surface area contributed by atoms with Crippen LogP contribution in [0.15, 0.2) is 30.3 Å². The SMILES string of the molecule is CC(C)Nc1nc2c(s1)CN(C(=O)c1cc3ccccc3[nH]1)CC2. The molecule has 4 rings (SSSR count). The number of H-pyrrole nitrogens is 1. The first kappa shape index (κ1) is 15.2. The van der Waals surface area contributed by atoms with Crippen LogP contribution in [0.25, 0.3) is 10.9 Å². The van der Waals surface area contributed by atoms with Gasteiger partial charge in [-0.25, -0.2) is 4.98 Å². The molecule has 0 radical (unpaired) electrons. The Morgan fingerprint density at radius 3 is 3.00 bits per heavy atom. The molecule has 24 heavy (non-hydrogen) atoms. The first-order valence-electron chi connectivity index (χ1n) is 8.22. The van der Waals surface area contributed by atoms with Crippen LogP contribution in [0.1, 0.15) is 34.9 Å². The molecule has 0 spiro atoms. The van der Waals surface area contributed by atoms with E-state index in [9.17, 15) is 4.79 Å². The van der Waals surface area contributed by atoms with Crippen molar-refractivity contribution in [2.24, 2.45) is 0 Å². The highest BCUT2D eigenvalue weighted by atomic mass is 32.1. The van der Waals surface area contributed by atoms with Crippen LogP contribution in [0.5, 0.6) is 0 Å². The van der Waals surface area contributed by atoms with Gasteiger partial charge in [-0.1, -0.05) is 29.5 Å². The highest BCUT2D eigenvalue weighted by Crippen LogP contribution is 2.29. The fourth-order valence-corrected chi connectivity index (χ4v) is 4.21. The van der Waals surface area contributed by atoms with E-state index >= 15 is 0 Å². The van der Waals surface area contributed by atoms with Gasteiger partial charge in [0.15, 0.2) is 5.13 Å². The first-order chi connectivity index (χ1) is 11.6. The second kappa shape index (κ2) is 5.94. The number of anilines is 1. The smallest absolute Gasteiger partial charge is 0.270 e. The van der Waals surface area contributed by atoms with E-state index in [1.165, 1.54) is 4.88 Å². The van der Waals surface area contributed by atoms with Gasteiger partial charge < -0.3 is 15.2 Å². The largest absolute Gasteiger partial charge is 0.359 e. The number of amides is 1. The number of hydrogen-bond donors (Lipinski definition) is 2. The molecule has 1 aliphatic heterocycles. The Balaban J connectivity index is 1.55. The summed E-state index contributed by atoms with van der Waals surface area (Å²) in [6, 6.07) is 10.3. The zero-order chi connectivity index (χ0) is 16.7.